The van der Waals surface area contributed by atoms with Crippen LogP contribution < -0.4 is 10.2 Å². The van der Waals surface area contributed by atoms with E-state index in [1.165, 1.54) is 12.1 Å². The fraction of sp³-hybridized carbons (Fsp3) is 0.316. The molecule has 4 nitrogen and oxygen atoms in total. The number of rotatable bonds is 4. The number of nitrogens with one attached hydrogen (secondary N) is 1. The van der Waals surface area contributed by atoms with Crippen molar-refractivity contribution in [1.29, 1.82) is 0 Å². The number of amides is 1. The molecule has 7 heteroatoms. The molecule has 0 bridgehead atoms. The fourth-order valence-corrected chi connectivity index (χ4v) is 3.27. The Bertz CT molecular complexity index is 749. The molecular formula is C19H22BrClFN3O. The summed E-state index contributed by atoms with van der Waals surface area (Å²) in [5, 5.41) is 2.94. The van der Waals surface area contributed by atoms with Gasteiger partial charge in [-0.15, -0.1) is 12.4 Å². The maximum absolute atomic E-state index is 13.0. The molecular weight excluding hydrogens is 421 g/mol. The Morgan fingerprint density at radius 3 is 2.38 bits per heavy atom. The molecule has 140 valence electrons. The highest BCUT2D eigenvalue weighted by molar-refractivity contribution is 9.10. The molecule has 1 aliphatic rings. The maximum Gasteiger partial charge on any atom is 0.238 e. The van der Waals surface area contributed by atoms with Crippen LogP contribution in [0.15, 0.2) is 46.9 Å². The van der Waals surface area contributed by atoms with E-state index in [0.29, 0.717) is 6.54 Å². The summed E-state index contributed by atoms with van der Waals surface area (Å²) >= 11 is 3.48. The van der Waals surface area contributed by atoms with Gasteiger partial charge in [-0.2, -0.15) is 0 Å². The van der Waals surface area contributed by atoms with Crippen LogP contribution in [0.25, 0.3) is 0 Å². The van der Waals surface area contributed by atoms with Gasteiger partial charge in [0, 0.05) is 42.0 Å². The van der Waals surface area contributed by atoms with Gasteiger partial charge in [0.05, 0.1) is 6.54 Å². The lowest BCUT2D eigenvalue weighted by Crippen LogP contribution is -2.48. The van der Waals surface area contributed by atoms with Crippen molar-refractivity contribution in [3.8, 4) is 0 Å². The van der Waals surface area contributed by atoms with Crippen molar-refractivity contribution in [3.63, 3.8) is 0 Å². The standard InChI is InChI=1S/C19H21BrFN3O.ClH/c1-14-2-5-16(12-18(14)20)22-19(25)13-23-8-10-24(11-9-23)17-6-3-15(21)4-7-17;/h2-7,12H,8-11,13H2,1H3,(H,22,25);1H. The molecule has 0 saturated carbocycles. The minimum atomic E-state index is -0.221. The second-order valence-electron chi connectivity index (χ2n) is 6.25. The normalized spacial score (nSPS) is 14.7. The number of benzene rings is 2. The monoisotopic (exact) mass is 441 g/mol. The summed E-state index contributed by atoms with van der Waals surface area (Å²) in [6.07, 6.45) is 0. The molecule has 1 heterocycles. The molecule has 1 fully saturated rings. The molecule has 2 aromatic rings. The van der Waals surface area contributed by atoms with Crippen LogP contribution in [0.4, 0.5) is 15.8 Å². The molecule has 0 aliphatic carbocycles. The van der Waals surface area contributed by atoms with Crippen molar-refractivity contribution in [2.24, 2.45) is 0 Å². The number of nitrogens with zero attached hydrogens (tertiary/aromatic N) is 2. The Hall–Kier alpha value is -1.63. The van der Waals surface area contributed by atoms with Crippen molar-refractivity contribution in [3.05, 3.63) is 58.3 Å². The van der Waals surface area contributed by atoms with Crippen LogP contribution >= 0.6 is 28.3 Å². The van der Waals surface area contributed by atoms with E-state index in [2.05, 4.69) is 31.0 Å². The Labute approximate surface area is 167 Å². The third kappa shape index (κ3) is 5.43. The first kappa shape index (κ1) is 20.7. The molecule has 3 rings (SSSR count). The van der Waals surface area contributed by atoms with Crippen LogP contribution in [0.2, 0.25) is 0 Å². The van der Waals surface area contributed by atoms with E-state index in [1.54, 1.807) is 12.1 Å². The van der Waals surface area contributed by atoms with Gasteiger partial charge >= 0.3 is 0 Å². The van der Waals surface area contributed by atoms with Gasteiger partial charge < -0.3 is 10.2 Å². The van der Waals surface area contributed by atoms with Gasteiger partial charge in [-0.1, -0.05) is 22.0 Å². The molecule has 1 saturated heterocycles. The first-order valence-electron chi connectivity index (χ1n) is 8.30. The number of piperazine rings is 1. The largest absolute Gasteiger partial charge is 0.369 e. The van der Waals surface area contributed by atoms with E-state index >= 15 is 0 Å². The fourth-order valence-electron chi connectivity index (χ4n) is 2.89. The lowest BCUT2D eigenvalue weighted by molar-refractivity contribution is -0.117. The zero-order valence-electron chi connectivity index (χ0n) is 14.5. The second kappa shape index (κ2) is 9.35. The number of halogens is 3. The van der Waals surface area contributed by atoms with Crippen molar-refractivity contribution in [2.45, 2.75) is 6.92 Å². The number of anilines is 2. The van der Waals surface area contributed by atoms with Gasteiger partial charge in [0.1, 0.15) is 5.82 Å². The number of aryl methyl sites for hydroxylation is 1. The van der Waals surface area contributed by atoms with Gasteiger partial charge in [0.2, 0.25) is 5.91 Å². The number of hydrogen-bond donors (Lipinski definition) is 1. The first-order valence-corrected chi connectivity index (χ1v) is 9.09. The highest BCUT2D eigenvalue weighted by atomic mass is 79.9. The molecule has 1 amide bonds. The molecule has 0 radical (unpaired) electrons. The molecule has 2 aromatic carbocycles. The van der Waals surface area contributed by atoms with Crippen molar-refractivity contribution < 1.29 is 9.18 Å². The van der Waals surface area contributed by atoms with E-state index in [4.69, 9.17) is 0 Å². The van der Waals surface area contributed by atoms with E-state index < -0.39 is 0 Å². The van der Waals surface area contributed by atoms with Gasteiger partial charge in [-0.25, -0.2) is 4.39 Å². The van der Waals surface area contributed by atoms with Crippen LogP contribution in [-0.4, -0.2) is 43.5 Å². The van der Waals surface area contributed by atoms with Gasteiger partial charge in [0.15, 0.2) is 0 Å². The summed E-state index contributed by atoms with van der Waals surface area (Å²) in [7, 11) is 0. The molecule has 0 spiro atoms. The molecule has 1 N–H and O–H groups in total. The Balaban J connectivity index is 0.00000243. The van der Waals surface area contributed by atoms with Crippen LogP contribution in [0.5, 0.6) is 0 Å². The molecule has 0 unspecified atom stereocenters. The quantitative estimate of drug-likeness (QED) is 0.775. The maximum atomic E-state index is 13.0. The SMILES string of the molecule is Cc1ccc(NC(=O)CN2CCN(c3ccc(F)cc3)CC2)cc1Br.Cl. The topological polar surface area (TPSA) is 35.6 Å². The van der Waals surface area contributed by atoms with E-state index in [9.17, 15) is 9.18 Å². The van der Waals surface area contributed by atoms with Crippen LogP contribution in [0, 0.1) is 12.7 Å². The van der Waals surface area contributed by atoms with E-state index in [-0.39, 0.29) is 24.1 Å². The predicted molar refractivity (Wildman–Crippen MR) is 110 cm³/mol. The summed E-state index contributed by atoms with van der Waals surface area (Å²) in [6.45, 7) is 5.66. The number of carbonyl (C=O) groups is 1. The average Bonchev–Trinajstić information content (AvgIpc) is 2.60. The van der Waals surface area contributed by atoms with Gasteiger partial charge in [-0.3, -0.25) is 9.69 Å². The lowest BCUT2D eigenvalue weighted by atomic mass is 10.2. The Kier molecular flexibility index (Phi) is 7.43. The Morgan fingerprint density at radius 2 is 1.77 bits per heavy atom. The minimum Gasteiger partial charge on any atom is -0.369 e. The number of hydrogen-bond acceptors (Lipinski definition) is 3. The smallest absolute Gasteiger partial charge is 0.238 e. The summed E-state index contributed by atoms with van der Waals surface area (Å²) in [6, 6.07) is 12.4. The highest BCUT2D eigenvalue weighted by Crippen LogP contribution is 2.21. The summed E-state index contributed by atoms with van der Waals surface area (Å²) in [5.74, 6) is -0.229. The van der Waals surface area contributed by atoms with E-state index in [0.717, 1.165) is 47.6 Å². The lowest BCUT2D eigenvalue weighted by Gasteiger charge is -2.35. The third-order valence-corrected chi connectivity index (χ3v) is 5.24. The van der Waals surface area contributed by atoms with Gasteiger partial charge in [-0.05, 0) is 48.9 Å². The average molecular weight is 443 g/mol. The molecule has 0 aromatic heterocycles. The molecule has 1 aliphatic heterocycles. The summed E-state index contributed by atoms with van der Waals surface area (Å²) in [5.41, 5.74) is 2.96. The first-order chi connectivity index (χ1) is 12.0. The minimum absolute atomic E-state index is 0. The highest BCUT2D eigenvalue weighted by Gasteiger charge is 2.19. The zero-order chi connectivity index (χ0) is 17.8. The number of carbonyl (C=O) groups excluding carboxylic acids is 1. The third-order valence-electron chi connectivity index (χ3n) is 4.39. The predicted octanol–water partition coefficient (Wildman–Crippen LogP) is 4.08. The molecule has 0 atom stereocenters. The van der Waals surface area contributed by atoms with Crippen LogP contribution in [-0.2, 0) is 4.79 Å². The van der Waals surface area contributed by atoms with Crippen LogP contribution in [0.1, 0.15) is 5.56 Å². The summed E-state index contributed by atoms with van der Waals surface area (Å²) < 4.78 is 14.0. The Morgan fingerprint density at radius 1 is 1.12 bits per heavy atom. The second-order valence-corrected chi connectivity index (χ2v) is 7.11. The van der Waals surface area contributed by atoms with Gasteiger partial charge in [0.25, 0.3) is 0 Å². The van der Waals surface area contributed by atoms with Crippen molar-refractivity contribution >= 4 is 45.6 Å². The zero-order valence-corrected chi connectivity index (χ0v) is 16.9. The molecule has 26 heavy (non-hydrogen) atoms. The van der Waals surface area contributed by atoms with Crippen LogP contribution in [0.3, 0.4) is 0 Å². The van der Waals surface area contributed by atoms with Crippen molar-refractivity contribution in [1.82, 2.24) is 4.90 Å². The van der Waals surface area contributed by atoms with Crippen molar-refractivity contribution in [2.75, 3.05) is 42.9 Å². The van der Waals surface area contributed by atoms with E-state index in [1.807, 2.05) is 25.1 Å². The summed E-state index contributed by atoms with van der Waals surface area (Å²) in [4.78, 5) is 16.6.